The standard InChI is InChI=1S/C15H14ClN3O3S/c1-8-5-9(2)18-15(17-8)23-7-13(20)19-10-3-4-12(16)11(6-10)14(21)22/h3-6H,7H2,1-2H3,(H,19,20)(H,21,22)/p-1. The van der Waals surface area contributed by atoms with Crippen LogP contribution in [0.25, 0.3) is 0 Å². The highest BCUT2D eigenvalue weighted by molar-refractivity contribution is 7.99. The van der Waals surface area contributed by atoms with Gasteiger partial charge < -0.3 is 15.2 Å². The summed E-state index contributed by atoms with van der Waals surface area (Å²) in [5.41, 5.74) is 1.82. The molecule has 23 heavy (non-hydrogen) atoms. The average Bonchev–Trinajstić information content (AvgIpc) is 2.46. The van der Waals surface area contributed by atoms with Crippen LogP contribution in [0.2, 0.25) is 5.02 Å². The number of amides is 1. The van der Waals surface area contributed by atoms with E-state index in [2.05, 4.69) is 15.3 Å². The van der Waals surface area contributed by atoms with Crippen LogP contribution in [0, 0.1) is 13.8 Å². The monoisotopic (exact) mass is 350 g/mol. The highest BCUT2D eigenvalue weighted by atomic mass is 35.5. The van der Waals surface area contributed by atoms with E-state index in [1.54, 1.807) is 0 Å². The van der Waals surface area contributed by atoms with Gasteiger partial charge in [0.05, 0.1) is 11.7 Å². The Morgan fingerprint density at radius 3 is 2.48 bits per heavy atom. The number of carbonyl (C=O) groups excluding carboxylic acids is 2. The van der Waals surface area contributed by atoms with Crippen LogP contribution < -0.4 is 10.4 Å². The van der Waals surface area contributed by atoms with E-state index in [-0.39, 0.29) is 22.2 Å². The molecule has 0 aliphatic heterocycles. The van der Waals surface area contributed by atoms with E-state index in [1.165, 1.54) is 30.0 Å². The first-order valence-electron chi connectivity index (χ1n) is 6.61. The van der Waals surface area contributed by atoms with Gasteiger partial charge in [-0.15, -0.1) is 0 Å². The number of rotatable bonds is 5. The van der Waals surface area contributed by atoms with E-state index in [4.69, 9.17) is 11.6 Å². The molecule has 0 atom stereocenters. The molecule has 0 bridgehead atoms. The smallest absolute Gasteiger partial charge is 0.234 e. The van der Waals surface area contributed by atoms with Crippen LogP contribution in [0.3, 0.4) is 0 Å². The van der Waals surface area contributed by atoms with E-state index in [0.717, 1.165) is 11.4 Å². The third-order valence-corrected chi connectivity index (χ3v) is 3.94. The zero-order chi connectivity index (χ0) is 17.0. The molecule has 1 aromatic carbocycles. The van der Waals surface area contributed by atoms with Crippen molar-refractivity contribution in [2.75, 3.05) is 11.1 Å². The average molecular weight is 351 g/mol. The molecule has 0 radical (unpaired) electrons. The number of aromatic carboxylic acids is 1. The zero-order valence-corrected chi connectivity index (χ0v) is 14.0. The Morgan fingerprint density at radius 1 is 1.22 bits per heavy atom. The van der Waals surface area contributed by atoms with Gasteiger partial charge in [0.25, 0.3) is 0 Å². The van der Waals surface area contributed by atoms with Crippen LogP contribution in [0.5, 0.6) is 0 Å². The molecule has 0 unspecified atom stereocenters. The van der Waals surface area contributed by atoms with Crippen molar-refractivity contribution in [1.82, 2.24) is 9.97 Å². The third kappa shape index (κ3) is 4.94. The van der Waals surface area contributed by atoms with Crippen molar-refractivity contribution in [1.29, 1.82) is 0 Å². The van der Waals surface area contributed by atoms with Crippen molar-refractivity contribution in [3.8, 4) is 0 Å². The molecule has 1 aromatic heterocycles. The topological polar surface area (TPSA) is 95.0 Å². The van der Waals surface area contributed by atoms with E-state index < -0.39 is 5.97 Å². The van der Waals surface area contributed by atoms with Gasteiger partial charge in [0.15, 0.2) is 5.16 Å². The number of nitrogens with zero attached hydrogens (tertiary/aromatic N) is 2. The van der Waals surface area contributed by atoms with Gasteiger partial charge in [-0.3, -0.25) is 4.79 Å². The van der Waals surface area contributed by atoms with Gasteiger partial charge in [-0.25, -0.2) is 9.97 Å². The van der Waals surface area contributed by atoms with Crippen LogP contribution in [0.1, 0.15) is 21.7 Å². The fourth-order valence-electron chi connectivity index (χ4n) is 1.84. The summed E-state index contributed by atoms with van der Waals surface area (Å²) in [6.07, 6.45) is 0. The number of aryl methyl sites for hydroxylation is 2. The van der Waals surface area contributed by atoms with Gasteiger partial charge in [0, 0.05) is 27.7 Å². The molecule has 0 saturated heterocycles. The third-order valence-electron chi connectivity index (χ3n) is 2.76. The first kappa shape index (κ1) is 17.2. The van der Waals surface area contributed by atoms with Crippen molar-refractivity contribution in [2.24, 2.45) is 0 Å². The molecule has 0 aliphatic carbocycles. The molecule has 120 valence electrons. The lowest BCUT2D eigenvalue weighted by Gasteiger charge is -2.09. The maximum atomic E-state index is 11.9. The number of hydrogen-bond acceptors (Lipinski definition) is 6. The molecule has 8 heteroatoms. The Labute approximate surface area is 142 Å². The molecule has 0 spiro atoms. The second-order valence-corrected chi connectivity index (χ2v) is 6.10. The maximum Gasteiger partial charge on any atom is 0.234 e. The second-order valence-electron chi connectivity index (χ2n) is 4.75. The number of anilines is 1. The molecule has 1 amide bonds. The van der Waals surface area contributed by atoms with Crippen molar-refractivity contribution >= 4 is 40.9 Å². The first-order chi connectivity index (χ1) is 10.8. The van der Waals surface area contributed by atoms with Gasteiger partial charge in [-0.05, 0) is 38.1 Å². The maximum absolute atomic E-state index is 11.9. The largest absolute Gasteiger partial charge is 0.545 e. The zero-order valence-electron chi connectivity index (χ0n) is 12.4. The molecule has 1 N–H and O–H groups in total. The summed E-state index contributed by atoms with van der Waals surface area (Å²) < 4.78 is 0. The Hall–Kier alpha value is -2.12. The van der Waals surface area contributed by atoms with Gasteiger partial charge in [0.1, 0.15) is 0 Å². The Balaban J connectivity index is 1.99. The summed E-state index contributed by atoms with van der Waals surface area (Å²) in [7, 11) is 0. The summed E-state index contributed by atoms with van der Waals surface area (Å²) in [4.78, 5) is 31.3. The highest BCUT2D eigenvalue weighted by Crippen LogP contribution is 2.21. The lowest BCUT2D eigenvalue weighted by Crippen LogP contribution is -2.23. The fourth-order valence-corrected chi connectivity index (χ4v) is 2.79. The molecule has 6 nitrogen and oxygen atoms in total. The predicted molar refractivity (Wildman–Crippen MR) is 86.6 cm³/mol. The number of benzene rings is 1. The van der Waals surface area contributed by atoms with Crippen molar-refractivity contribution in [3.05, 3.63) is 46.2 Å². The van der Waals surface area contributed by atoms with Crippen LogP contribution in [-0.4, -0.2) is 27.6 Å². The van der Waals surface area contributed by atoms with Gasteiger partial charge in [-0.2, -0.15) is 0 Å². The van der Waals surface area contributed by atoms with E-state index >= 15 is 0 Å². The van der Waals surface area contributed by atoms with Crippen molar-refractivity contribution in [3.63, 3.8) is 0 Å². The van der Waals surface area contributed by atoms with Crippen LogP contribution in [-0.2, 0) is 4.79 Å². The minimum Gasteiger partial charge on any atom is -0.545 e. The number of thioether (sulfide) groups is 1. The Morgan fingerprint density at radius 2 is 1.87 bits per heavy atom. The number of halogens is 1. The quantitative estimate of drug-likeness (QED) is 0.653. The van der Waals surface area contributed by atoms with Gasteiger partial charge >= 0.3 is 0 Å². The second kappa shape index (κ2) is 7.43. The van der Waals surface area contributed by atoms with E-state index in [9.17, 15) is 14.7 Å². The minimum absolute atomic E-state index is 0.0565. The Bertz CT molecular complexity index is 747. The van der Waals surface area contributed by atoms with Gasteiger partial charge in [0.2, 0.25) is 5.91 Å². The van der Waals surface area contributed by atoms with Crippen molar-refractivity contribution in [2.45, 2.75) is 19.0 Å². The lowest BCUT2D eigenvalue weighted by molar-refractivity contribution is -0.255. The summed E-state index contributed by atoms with van der Waals surface area (Å²) >= 11 is 6.95. The normalized spacial score (nSPS) is 10.4. The SMILES string of the molecule is Cc1cc(C)nc(SCC(=O)Nc2ccc(Cl)c(C(=O)[O-])c2)n1. The molecular formula is C15H13ClN3O3S-. The van der Waals surface area contributed by atoms with E-state index in [1.807, 2.05) is 19.9 Å². The summed E-state index contributed by atoms with van der Waals surface area (Å²) in [5, 5.41) is 14.1. The van der Waals surface area contributed by atoms with Gasteiger partial charge in [-0.1, -0.05) is 23.4 Å². The van der Waals surface area contributed by atoms with Crippen molar-refractivity contribution < 1.29 is 14.7 Å². The number of carboxylic acid groups (broad SMARTS) is 1. The molecular weight excluding hydrogens is 338 g/mol. The lowest BCUT2D eigenvalue weighted by atomic mass is 10.2. The predicted octanol–water partition coefficient (Wildman–Crippen LogP) is 1.84. The molecule has 0 aliphatic rings. The highest BCUT2D eigenvalue weighted by Gasteiger charge is 2.09. The van der Waals surface area contributed by atoms with Crippen LogP contribution in [0.15, 0.2) is 29.4 Å². The first-order valence-corrected chi connectivity index (χ1v) is 7.97. The molecule has 0 saturated carbocycles. The fraction of sp³-hybridized carbons (Fsp3) is 0.200. The summed E-state index contributed by atoms with van der Waals surface area (Å²) in [5.74, 6) is -1.60. The summed E-state index contributed by atoms with van der Waals surface area (Å²) in [6, 6.07) is 6.01. The molecule has 1 heterocycles. The van der Waals surface area contributed by atoms with Crippen LogP contribution in [0.4, 0.5) is 5.69 Å². The Kier molecular flexibility index (Phi) is 5.57. The molecule has 2 rings (SSSR count). The van der Waals surface area contributed by atoms with Crippen LogP contribution >= 0.6 is 23.4 Å². The number of carbonyl (C=O) groups is 2. The number of aromatic nitrogens is 2. The number of nitrogens with one attached hydrogen (secondary N) is 1. The molecule has 0 fully saturated rings. The summed E-state index contributed by atoms with van der Waals surface area (Å²) in [6.45, 7) is 3.71. The number of hydrogen-bond donors (Lipinski definition) is 1. The minimum atomic E-state index is -1.40. The van der Waals surface area contributed by atoms with E-state index in [0.29, 0.717) is 10.8 Å². The number of carboxylic acids is 1. The molecule has 2 aromatic rings.